The third-order valence-corrected chi connectivity index (χ3v) is 2.46. The molecule has 124 valence electrons. The normalized spacial score (nSPS) is 12.3. The number of nitro groups is 1. The molecule has 13 heteroatoms. The Morgan fingerprint density at radius 1 is 1.36 bits per heavy atom. The lowest BCUT2D eigenvalue weighted by molar-refractivity contribution is -0.390. The molecule has 0 aliphatic rings. The molecule has 1 amide bonds. The van der Waals surface area contributed by atoms with Crippen molar-refractivity contribution in [2.24, 2.45) is 0 Å². The first-order valence-corrected chi connectivity index (χ1v) is 5.45. The zero-order valence-corrected chi connectivity index (χ0v) is 10.5. The van der Waals surface area contributed by atoms with Crippen molar-refractivity contribution < 1.29 is 36.1 Å². The van der Waals surface area contributed by atoms with Gasteiger partial charge in [-0.2, -0.15) is 22.0 Å². The molecule has 1 N–H and O–H groups in total. The van der Waals surface area contributed by atoms with Crippen molar-refractivity contribution in [3.05, 3.63) is 22.1 Å². The number of carbonyl (C=O) groups excluding carboxylic acids is 1. The maximum absolute atomic E-state index is 12.7. The summed E-state index contributed by atoms with van der Waals surface area (Å²) >= 11 is 0. The highest BCUT2D eigenvalue weighted by Crippen LogP contribution is 2.34. The van der Waals surface area contributed by atoms with Gasteiger partial charge in [-0.3, -0.25) is 9.36 Å². The maximum Gasteiger partial charge on any atom is 0.455 e. The molecule has 1 aromatic rings. The molecule has 0 spiro atoms. The number of halogens is 6. The van der Waals surface area contributed by atoms with Crippen LogP contribution in [-0.2, 0) is 18.0 Å². The van der Waals surface area contributed by atoms with E-state index in [1.807, 2.05) is 0 Å². The van der Waals surface area contributed by atoms with Gasteiger partial charge in [0, 0.05) is 0 Å². The van der Waals surface area contributed by atoms with Crippen LogP contribution >= 0.6 is 0 Å². The molecule has 0 aliphatic carbocycles. The lowest BCUT2D eigenvalue weighted by Crippen LogP contribution is -2.47. The predicted molar refractivity (Wildman–Crippen MR) is 57.7 cm³/mol. The van der Waals surface area contributed by atoms with Gasteiger partial charge >= 0.3 is 17.9 Å². The van der Waals surface area contributed by atoms with E-state index in [0.29, 0.717) is 10.9 Å². The second-order valence-corrected chi connectivity index (χ2v) is 4.01. The summed E-state index contributed by atoms with van der Waals surface area (Å²) in [5.41, 5.74) is -0.609. The SMILES string of the molecule is O=C(Cn1cnc([N+](=O)[O-])c1CF)NCC(F)(F)C(F)(F)F. The lowest BCUT2D eigenvalue weighted by atomic mass is 10.3. The first-order valence-electron chi connectivity index (χ1n) is 5.45. The Kier molecular flexibility index (Phi) is 4.98. The van der Waals surface area contributed by atoms with Gasteiger partial charge in [-0.15, -0.1) is 0 Å². The minimum atomic E-state index is -5.84. The minimum absolute atomic E-state index is 0.609. The number of imidazole rings is 1. The lowest BCUT2D eigenvalue weighted by Gasteiger charge is -2.19. The summed E-state index contributed by atoms with van der Waals surface area (Å²) in [6.07, 6.45) is -5.13. The molecule has 0 fully saturated rings. The Balaban J connectivity index is 2.73. The fourth-order valence-electron chi connectivity index (χ4n) is 1.34. The van der Waals surface area contributed by atoms with Gasteiger partial charge in [0.1, 0.15) is 13.2 Å². The molecule has 0 bridgehead atoms. The highest BCUT2D eigenvalue weighted by atomic mass is 19.4. The fraction of sp³-hybridized carbons (Fsp3) is 0.556. The Bertz CT molecular complexity index is 570. The quantitative estimate of drug-likeness (QED) is 0.486. The van der Waals surface area contributed by atoms with Gasteiger partial charge in [0.25, 0.3) is 0 Å². The summed E-state index contributed by atoms with van der Waals surface area (Å²) < 4.78 is 74.1. The fourth-order valence-corrected chi connectivity index (χ4v) is 1.34. The number of rotatable bonds is 6. The van der Waals surface area contributed by atoms with E-state index >= 15 is 0 Å². The summed E-state index contributed by atoms with van der Waals surface area (Å²) in [5.74, 6) is -7.33. The standard InChI is InChI=1S/C9H8F6N4O3/c10-1-5-7(19(21)22)17-4-18(5)2-6(20)16-3-8(11,12)9(13,14)15/h4H,1-3H2,(H,16,20). The number of carbonyl (C=O) groups is 1. The molecule has 0 unspecified atom stereocenters. The first kappa shape index (κ1) is 17.7. The van der Waals surface area contributed by atoms with Crippen LogP contribution in [0, 0.1) is 10.1 Å². The first-order chi connectivity index (χ1) is 9.99. The molecule has 0 aromatic carbocycles. The van der Waals surface area contributed by atoms with E-state index in [9.17, 15) is 41.3 Å². The van der Waals surface area contributed by atoms with Crippen LogP contribution in [0.1, 0.15) is 5.69 Å². The monoisotopic (exact) mass is 334 g/mol. The van der Waals surface area contributed by atoms with Crippen LogP contribution in [0.2, 0.25) is 0 Å². The summed E-state index contributed by atoms with van der Waals surface area (Å²) in [6.45, 7) is -4.27. The van der Waals surface area contributed by atoms with E-state index in [4.69, 9.17) is 0 Å². The highest BCUT2D eigenvalue weighted by molar-refractivity contribution is 5.76. The van der Waals surface area contributed by atoms with Gasteiger partial charge in [0.2, 0.25) is 12.2 Å². The second-order valence-electron chi connectivity index (χ2n) is 4.01. The Morgan fingerprint density at radius 2 is 1.95 bits per heavy atom. The van der Waals surface area contributed by atoms with E-state index in [1.54, 1.807) is 0 Å². The third kappa shape index (κ3) is 3.85. The summed E-state index contributed by atoms with van der Waals surface area (Å²) in [4.78, 5) is 23.9. The Labute approximate surface area is 118 Å². The van der Waals surface area contributed by atoms with Crippen LogP contribution in [0.15, 0.2) is 6.33 Å². The van der Waals surface area contributed by atoms with Crippen molar-refractivity contribution >= 4 is 11.7 Å². The number of alkyl halides is 6. The topological polar surface area (TPSA) is 90.1 Å². The van der Waals surface area contributed by atoms with Crippen LogP contribution in [0.5, 0.6) is 0 Å². The molecule has 0 atom stereocenters. The summed E-state index contributed by atoms with van der Waals surface area (Å²) in [6, 6.07) is 0. The van der Waals surface area contributed by atoms with E-state index in [1.165, 1.54) is 5.32 Å². The zero-order valence-electron chi connectivity index (χ0n) is 10.5. The van der Waals surface area contributed by atoms with Crippen LogP contribution in [-0.4, -0.2) is 39.0 Å². The molecule has 1 rings (SSSR count). The average Bonchev–Trinajstić information content (AvgIpc) is 2.78. The van der Waals surface area contributed by atoms with E-state index < -0.39 is 54.2 Å². The van der Waals surface area contributed by atoms with Gasteiger partial charge < -0.3 is 15.4 Å². The van der Waals surface area contributed by atoms with Gasteiger partial charge in [0.15, 0.2) is 5.69 Å². The van der Waals surface area contributed by atoms with Crippen LogP contribution in [0.25, 0.3) is 0 Å². The van der Waals surface area contributed by atoms with Gasteiger partial charge in [-0.1, -0.05) is 0 Å². The molecule has 0 saturated carbocycles. The second kappa shape index (κ2) is 6.19. The molecule has 22 heavy (non-hydrogen) atoms. The molecular weight excluding hydrogens is 326 g/mol. The van der Waals surface area contributed by atoms with Crippen molar-refractivity contribution in [2.45, 2.75) is 25.3 Å². The van der Waals surface area contributed by atoms with Gasteiger partial charge in [-0.25, -0.2) is 4.39 Å². The van der Waals surface area contributed by atoms with Crippen molar-refractivity contribution in [1.82, 2.24) is 14.9 Å². The van der Waals surface area contributed by atoms with E-state index in [2.05, 4.69) is 4.98 Å². The van der Waals surface area contributed by atoms with Crippen LogP contribution < -0.4 is 5.32 Å². The zero-order chi connectivity index (χ0) is 17.1. The highest BCUT2D eigenvalue weighted by Gasteiger charge is 2.57. The largest absolute Gasteiger partial charge is 0.455 e. The molecule has 1 heterocycles. The molecule has 0 aliphatic heterocycles. The number of hydrogen-bond donors (Lipinski definition) is 1. The maximum atomic E-state index is 12.7. The van der Waals surface area contributed by atoms with E-state index in [-0.39, 0.29) is 0 Å². The van der Waals surface area contributed by atoms with E-state index in [0.717, 1.165) is 0 Å². The van der Waals surface area contributed by atoms with Crippen molar-refractivity contribution in [1.29, 1.82) is 0 Å². The smallest absolute Gasteiger partial charge is 0.358 e. The minimum Gasteiger partial charge on any atom is -0.358 e. The Hall–Kier alpha value is -2.34. The number of nitrogens with one attached hydrogen (secondary N) is 1. The van der Waals surface area contributed by atoms with Crippen molar-refractivity contribution in [3.63, 3.8) is 0 Å². The third-order valence-electron chi connectivity index (χ3n) is 2.46. The molecule has 1 aromatic heterocycles. The van der Waals surface area contributed by atoms with Crippen LogP contribution in [0.3, 0.4) is 0 Å². The molecular formula is C9H8F6N4O3. The van der Waals surface area contributed by atoms with Gasteiger partial charge in [-0.05, 0) is 9.91 Å². The average molecular weight is 334 g/mol. The van der Waals surface area contributed by atoms with Crippen molar-refractivity contribution in [3.8, 4) is 0 Å². The summed E-state index contributed by atoms with van der Waals surface area (Å²) in [7, 11) is 0. The predicted octanol–water partition coefficient (Wildman–Crippen LogP) is 1.57. The molecule has 7 nitrogen and oxygen atoms in total. The number of hydrogen-bond acceptors (Lipinski definition) is 4. The molecule has 0 radical (unpaired) electrons. The van der Waals surface area contributed by atoms with Crippen molar-refractivity contribution in [2.75, 3.05) is 6.54 Å². The summed E-state index contributed by atoms with van der Waals surface area (Å²) in [5, 5.41) is 11.8. The number of amides is 1. The number of aromatic nitrogens is 2. The number of nitrogens with zero attached hydrogens (tertiary/aromatic N) is 3. The van der Waals surface area contributed by atoms with Crippen LogP contribution in [0.4, 0.5) is 32.2 Å². The Morgan fingerprint density at radius 3 is 2.41 bits per heavy atom. The molecule has 0 saturated heterocycles. The van der Waals surface area contributed by atoms with Gasteiger partial charge in [0.05, 0.1) is 6.54 Å².